The summed E-state index contributed by atoms with van der Waals surface area (Å²) in [5.41, 5.74) is 1.28. The molecule has 0 radical (unpaired) electrons. The number of aliphatic carboxylic acids is 1. The molecule has 7 nitrogen and oxygen atoms in total. The highest BCUT2D eigenvalue weighted by molar-refractivity contribution is 7.87. The van der Waals surface area contributed by atoms with Crippen LogP contribution in [0.1, 0.15) is 11.1 Å². The molecule has 0 saturated heterocycles. The molecule has 0 fully saturated rings. The molecule has 0 aliphatic rings. The zero-order valence-electron chi connectivity index (χ0n) is 14.4. The lowest BCUT2D eigenvalue weighted by atomic mass is 10.1. The van der Waals surface area contributed by atoms with Gasteiger partial charge in [-0.3, -0.25) is 0 Å². The monoisotopic (exact) mass is 378 g/mol. The molecule has 0 amide bonds. The zero-order valence-corrected chi connectivity index (χ0v) is 15.2. The van der Waals surface area contributed by atoms with E-state index in [2.05, 4.69) is 0 Å². The minimum Gasteiger partial charge on any atom is -0.493 e. The minimum atomic E-state index is -4.11. The van der Waals surface area contributed by atoms with E-state index < -0.39 is 16.1 Å². The van der Waals surface area contributed by atoms with Crippen molar-refractivity contribution in [1.82, 2.24) is 0 Å². The molecule has 0 unspecified atom stereocenters. The van der Waals surface area contributed by atoms with Gasteiger partial charge in [-0.1, -0.05) is 17.7 Å². The minimum absolute atomic E-state index is 0.0180. The van der Waals surface area contributed by atoms with Crippen LogP contribution in [0.25, 0.3) is 6.08 Å². The van der Waals surface area contributed by atoms with Crippen LogP contribution in [0.3, 0.4) is 0 Å². The van der Waals surface area contributed by atoms with Crippen LogP contribution in [0, 0.1) is 6.92 Å². The van der Waals surface area contributed by atoms with Crippen LogP contribution < -0.4 is 13.7 Å². The third-order valence-electron chi connectivity index (χ3n) is 3.39. The molecular formula is C18H18O7S. The van der Waals surface area contributed by atoms with Crippen LogP contribution in [0.5, 0.6) is 17.2 Å². The van der Waals surface area contributed by atoms with E-state index in [4.69, 9.17) is 18.8 Å². The van der Waals surface area contributed by atoms with Crippen molar-refractivity contribution < 1.29 is 32.0 Å². The first kappa shape index (κ1) is 19.3. The lowest BCUT2D eigenvalue weighted by Crippen LogP contribution is -2.11. The highest BCUT2D eigenvalue weighted by Crippen LogP contribution is 2.40. The molecule has 0 spiro atoms. The van der Waals surface area contributed by atoms with Crippen LogP contribution in [-0.2, 0) is 14.9 Å². The van der Waals surface area contributed by atoms with Crippen molar-refractivity contribution in [3.05, 3.63) is 53.6 Å². The summed E-state index contributed by atoms with van der Waals surface area (Å²) in [7, 11) is -1.39. The number of benzene rings is 2. The number of hydrogen-bond acceptors (Lipinski definition) is 6. The molecule has 0 atom stereocenters. The first-order valence-corrected chi connectivity index (χ1v) is 8.86. The number of aryl methyl sites for hydroxylation is 1. The number of ether oxygens (including phenoxy) is 2. The van der Waals surface area contributed by atoms with E-state index in [1.807, 2.05) is 6.92 Å². The molecule has 0 bridgehead atoms. The smallest absolute Gasteiger partial charge is 0.339 e. The molecule has 8 heteroatoms. The maximum Gasteiger partial charge on any atom is 0.339 e. The van der Waals surface area contributed by atoms with Gasteiger partial charge in [0.05, 0.1) is 14.2 Å². The molecule has 0 aliphatic heterocycles. The van der Waals surface area contributed by atoms with Gasteiger partial charge in [-0.05, 0) is 42.8 Å². The highest BCUT2D eigenvalue weighted by atomic mass is 32.2. The van der Waals surface area contributed by atoms with Crippen LogP contribution in [0.4, 0.5) is 0 Å². The molecule has 1 N–H and O–H groups in total. The predicted octanol–water partition coefficient (Wildman–Crippen LogP) is 2.88. The summed E-state index contributed by atoms with van der Waals surface area (Å²) >= 11 is 0. The molecule has 2 aromatic rings. The van der Waals surface area contributed by atoms with Gasteiger partial charge in [0, 0.05) is 6.08 Å². The molecule has 2 rings (SSSR count). The Morgan fingerprint density at radius 1 is 1.04 bits per heavy atom. The second-order valence-electron chi connectivity index (χ2n) is 5.28. The van der Waals surface area contributed by atoms with Gasteiger partial charge in [0.2, 0.25) is 5.75 Å². The van der Waals surface area contributed by atoms with Gasteiger partial charge in [0.25, 0.3) is 0 Å². The summed E-state index contributed by atoms with van der Waals surface area (Å²) < 4.78 is 40.7. The second kappa shape index (κ2) is 7.92. The fraction of sp³-hybridized carbons (Fsp3) is 0.167. The quantitative estimate of drug-likeness (QED) is 0.584. The summed E-state index contributed by atoms with van der Waals surface area (Å²) in [4.78, 5) is 10.7. The Hall–Kier alpha value is -3.00. The van der Waals surface area contributed by atoms with Gasteiger partial charge in [-0.15, -0.1) is 0 Å². The zero-order chi connectivity index (χ0) is 19.3. The van der Waals surface area contributed by atoms with Crippen LogP contribution in [0.2, 0.25) is 0 Å². The summed E-state index contributed by atoms with van der Waals surface area (Å²) in [5.74, 6) is -0.975. The van der Waals surface area contributed by atoms with Crippen molar-refractivity contribution in [3.8, 4) is 17.2 Å². The maximum atomic E-state index is 12.5. The average molecular weight is 378 g/mol. The van der Waals surface area contributed by atoms with Crippen molar-refractivity contribution in [3.63, 3.8) is 0 Å². The number of carboxylic acid groups (broad SMARTS) is 1. The fourth-order valence-corrected chi connectivity index (χ4v) is 3.07. The van der Waals surface area contributed by atoms with E-state index in [1.165, 1.54) is 44.6 Å². The van der Waals surface area contributed by atoms with E-state index >= 15 is 0 Å². The lowest BCUT2D eigenvalue weighted by Gasteiger charge is -2.15. The average Bonchev–Trinajstić information content (AvgIpc) is 2.59. The van der Waals surface area contributed by atoms with Crippen molar-refractivity contribution in [1.29, 1.82) is 0 Å². The van der Waals surface area contributed by atoms with E-state index in [0.29, 0.717) is 5.56 Å². The largest absolute Gasteiger partial charge is 0.493 e. The third-order valence-corrected chi connectivity index (χ3v) is 4.64. The number of rotatable bonds is 7. The van der Waals surface area contributed by atoms with Gasteiger partial charge in [-0.25, -0.2) is 4.79 Å². The lowest BCUT2D eigenvalue weighted by molar-refractivity contribution is -0.131. The topological polar surface area (TPSA) is 99.1 Å². The van der Waals surface area contributed by atoms with Gasteiger partial charge in [0.15, 0.2) is 11.5 Å². The Bertz CT molecular complexity index is 929. The fourth-order valence-electron chi connectivity index (χ4n) is 2.15. The van der Waals surface area contributed by atoms with Gasteiger partial charge in [0.1, 0.15) is 4.90 Å². The van der Waals surface area contributed by atoms with Crippen molar-refractivity contribution in [2.45, 2.75) is 11.8 Å². The number of carboxylic acids is 1. The normalized spacial score (nSPS) is 11.3. The Morgan fingerprint density at radius 2 is 1.65 bits per heavy atom. The molecule has 0 aromatic heterocycles. The molecule has 0 heterocycles. The van der Waals surface area contributed by atoms with Crippen molar-refractivity contribution in [2.75, 3.05) is 14.2 Å². The molecule has 0 aliphatic carbocycles. The Kier molecular flexibility index (Phi) is 5.89. The van der Waals surface area contributed by atoms with E-state index in [1.54, 1.807) is 12.1 Å². The Labute approximate surface area is 151 Å². The second-order valence-corrected chi connectivity index (χ2v) is 6.82. The van der Waals surface area contributed by atoms with E-state index in [-0.39, 0.29) is 22.1 Å². The third kappa shape index (κ3) is 4.54. The first-order chi connectivity index (χ1) is 12.3. The van der Waals surface area contributed by atoms with Crippen LogP contribution in [-0.4, -0.2) is 33.7 Å². The van der Waals surface area contributed by atoms with Crippen LogP contribution >= 0.6 is 0 Å². The van der Waals surface area contributed by atoms with Gasteiger partial charge >= 0.3 is 16.1 Å². The summed E-state index contributed by atoms with van der Waals surface area (Å²) in [6.45, 7) is 1.84. The summed E-state index contributed by atoms with van der Waals surface area (Å²) in [6, 6.07) is 9.03. The molecule has 2 aromatic carbocycles. The number of hydrogen-bond donors (Lipinski definition) is 1. The Morgan fingerprint density at radius 3 is 2.19 bits per heavy atom. The number of methoxy groups -OCH3 is 2. The van der Waals surface area contributed by atoms with Crippen molar-refractivity contribution in [2.24, 2.45) is 0 Å². The first-order valence-electron chi connectivity index (χ1n) is 7.45. The maximum absolute atomic E-state index is 12.5. The highest BCUT2D eigenvalue weighted by Gasteiger charge is 2.22. The Balaban J connectivity index is 2.50. The summed E-state index contributed by atoms with van der Waals surface area (Å²) in [5, 5.41) is 8.76. The van der Waals surface area contributed by atoms with Crippen LogP contribution in [0.15, 0.2) is 47.4 Å². The SMILES string of the molecule is COc1cc(C=CC(=O)O)cc(OS(=O)(=O)c2ccc(C)cc2)c1OC. The molecule has 0 saturated carbocycles. The van der Waals surface area contributed by atoms with Gasteiger partial charge in [-0.2, -0.15) is 8.42 Å². The van der Waals surface area contributed by atoms with Crippen molar-refractivity contribution >= 4 is 22.2 Å². The van der Waals surface area contributed by atoms with E-state index in [9.17, 15) is 13.2 Å². The molecular weight excluding hydrogens is 360 g/mol. The number of carbonyl (C=O) groups is 1. The molecule has 138 valence electrons. The standard InChI is InChI=1S/C18H18O7S/c1-12-4-7-14(8-5-12)26(21,22)25-16-11-13(6-9-17(19)20)10-15(23-2)18(16)24-3/h4-11H,1-3H3,(H,19,20). The molecule has 26 heavy (non-hydrogen) atoms. The van der Waals surface area contributed by atoms with Gasteiger partial charge < -0.3 is 18.8 Å². The summed E-state index contributed by atoms with van der Waals surface area (Å²) in [6.07, 6.45) is 2.20. The predicted molar refractivity (Wildman–Crippen MR) is 95.2 cm³/mol. The van der Waals surface area contributed by atoms with E-state index in [0.717, 1.165) is 11.6 Å².